The van der Waals surface area contributed by atoms with E-state index < -0.39 is 40.4 Å². The number of fused-ring (bicyclic) bond motifs is 14. The molecule has 8 saturated carbocycles. The lowest BCUT2D eigenvalue weighted by Gasteiger charge is -2.71. The molecule has 0 heterocycles. The molecule has 4 N–H and O–H groups in total. The molecule has 20 atom stereocenters. The quantitative estimate of drug-likeness (QED) is 0.155. The Balaban J connectivity index is 0.000000176. The van der Waals surface area contributed by atoms with Gasteiger partial charge in [0.25, 0.3) is 0 Å². The van der Waals surface area contributed by atoms with Gasteiger partial charge in [-0.15, -0.1) is 0 Å². The molecule has 0 amide bonds. The predicted octanol–water partition coefficient (Wildman–Crippen LogP) is 12.7. The molecule has 10 aliphatic carbocycles. The van der Waals surface area contributed by atoms with Gasteiger partial charge < -0.3 is 34.8 Å². The SMILES string of the molecule is CC1(C)CCC2(C(=O)O)C(C1)C1=CCC3C4(C)CC[C@H](O)[C@](C)(C=O)[C@@H]4CC[C@@]3(C)[C@]1(C)C[C@@H]2O.CO[C@H]1C[C@]2(C)C(=CCC3C4(C)CC[C@H](C)[C@](C)(C=O)[C@@H]4CC[C@]32C)C2CC(C)(C)CCC21C(=O)O. The average Bonchev–Trinajstić information content (AvgIpc) is 3.29. The fourth-order valence-corrected chi connectivity index (χ4v) is 21.7. The number of aldehydes is 2. The third-order valence-electron chi connectivity index (χ3n) is 26.8. The van der Waals surface area contributed by atoms with Crippen molar-refractivity contribution in [1.29, 1.82) is 0 Å². The van der Waals surface area contributed by atoms with E-state index in [1.165, 1.54) is 23.9 Å². The number of aliphatic hydroxyl groups excluding tert-OH is 2. The van der Waals surface area contributed by atoms with Crippen LogP contribution in [0.25, 0.3) is 0 Å². The van der Waals surface area contributed by atoms with Crippen LogP contribution in [0.1, 0.15) is 206 Å². The number of allylic oxidation sites excluding steroid dienone is 4. The van der Waals surface area contributed by atoms with E-state index in [0.717, 1.165) is 89.8 Å². The van der Waals surface area contributed by atoms with Crippen LogP contribution in [0.5, 0.6) is 0 Å². The fraction of sp³-hybridized carbons (Fsp3) is 0.871. The Morgan fingerprint density at radius 1 is 0.535 bits per heavy atom. The Morgan fingerprint density at radius 2 is 0.972 bits per heavy atom. The summed E-state index contributed by atoms with van der Waals surface area (Å²) < 4.78 is 6.17. The molecule has 10 rings (SSSR count). The zero-order valence-electron chi connectivity index (χ0n) is 46.6. The van der Waals surface area contributed by atoms with E-state index in [0.29, 0.717) is 49.4 Å². The van der Waals surface area contributed by atoms with Gasteiger partial charge in [-0.05, 0) is 200 Å². The van der Waals surface area contributed by atoms with Gasteiger partial charge in [0.1, 0.15) is 23.4 Å². The van der Waals surface area contributed by atoms with Crippen molar-refractivity contribution < 1.29 is 44.3 Å². The first-order chi connectivity index (χ1) is 32.8. The molecule has 9 nitrogen and oxygen atoms in total. The van der Waals surface area contributed by atoms with E-state index in [2.05, 4.69) is 95.2 Å². The van der Waals surface area contributed by atoms with Gasteiger partial charge in [-0.1, -0.05) is 113 Å². The first kappa shape index (κ1) is 53.5. The van der Waals surface area contributed by atoms with Crippen molar-refractivity contribution in [3.8, 4) is 0 Å². The van der Waals surface area contributed by atoms with Crippen LogP contribution in [0.2, 0.25) is 0 Å². The average molecular weight is 985 g/mol. The molecule has 0 radical (unpaired) electrons. The number of carbonyl (C=O) groups excluding carboxylic acids is 2. The van der Waals surface area contributed by atoms with E-state index in [1.807, 2.05) is 6.92 Å². The number of carboxylic acid groups (broad SMARTS) is 2. The van der Waals surface area contributed by atoms with Gasteiger partial charge in [-0.25, -0.2) is 0 Å². The maximum absolute atomic E-state index is 13.1. The lowest BCUT2D eigenvalue weighted by atomic mass is 9.33. The van der Waals surface area contributed by atoms with Crippen molar-refractivity contribution in [3.05, 3.63) is 23.3 Å². The maximum Gasteiger partial charge on any atom is 0.312 e. The van der Waals surface area contributed by atoms with Crippen LogP contribution < -0.4 is 0 Å². The molecule has 8 fully saturated rings. The number of aliphatic carboxylic acids is 2. The third-order valence-corrected chi connectivity index (χ3v) is 26.8. The highest BCUT2D eigenvalue weighted by Crippen LogP contribution is 2.78. The smallest absolute Gasteiger partial charge is 0.312 e. The Hall–Kier alpha value is -2.36. The van der Waals surface area contributed by atoms with Gasteiger partial charge in [0.15, 0.2) is 0 Å². The van der Waals surface area contributed by atoms with Crippen LogP contribution in [0, 0.1) is 106 Å². The predicted molar refractivity (Wildman–Crippen MR) is 277 cm³/mol. The molecule has 0 aliphatic heterocycles. The molecule has 0 bridgehead atoms. The van der Waals surface area contributed by atoms with E-state index in [4.69, 9.17) is 4.74 Å². The normalized spacial score (nSPS) is 54.3. The maximum atomic E-state index is 13.1. The lowest BCUT2D eigenvalue weighted by Crippen LogP contribution is -2.67. The second-order valence-electron chi connectivity index (χ2n) is 30.2. The molecule has 0 aromatic heterocycles. The van der Waals surface area contributed by atoms with Crippen molar-refractivity contribution >= 4 is 24.5 Å². The summed E-state index contributed by atoms with van der Waals surface area (Å²) in [6.07, 6.45) is 21.2. The van der Waals surface area contributed by atoms with E-state index in [-0.39, 0.29) is 72.6 Å². The van der Waals surface area contributed by atoms with E-state index >= 15 is 0 Å². The molecule has 0 aromatic rings. The van der Waals surface area contributed by atoms with Gasteiger partial charge in [0, 0.05) is 12.5 Å². The van der Waals surface area contributed by atoms with Crippen molar-refractivity contribution in [1.82, 2.24) is 0 Å². The summed E-state index contributed by atoms with van der Waals surface area (Å²) in [5, 5.41) is 43.7. The second-order valence-corrected chi connectivity index (χ2v) is 30.2. The summed E-state index contributed by atoms with van der Waals surface area (Å²) in [5.41, 5.74) is -0.366. The highest BCUT2D eigenvalue weighted by atomic mass is 16.5. The first-order valence-electron chi connectivity index (χ1n) is 28.5. The Kier molecular flexibility index (Phi) is 12.5. The summed E-state index contributed by atoms with van der Waals surface area (Å²) in [4.78, 5) is 50.7. The second kappa shape index (κ2) is 16.6. The number of hydrogen-bond donors (Lipinski definition) is 4. The molecular weight excluding hydrogens is 889 g/mol. The molecule has 10 aliphatic rings. The van der Waals surface area contributed by atoms with Crippen LogP contribution in [-0.4, -0.2) is 70.4 Å². The van der Waals surface area contributed by atoms with Crippen LogP contribution in [0.15, 0.2) is 23.3 Å². The molecule has 0 spiro atoms. The number of carbonyl (C=O) groups is 4. The highest BCUT2D eigenvalue weighted by Gasteiger charge is 2.74. The van der Waals surface area contributed by atoms with Gasteiger partial charge in [-0.2, -0.15) is 0 Å². The number of aliphatic hydroxyl groups is 2. The Labute approximate surface area is 428 Å². The summed E-state index contributed by atoms with van der Waals surface area (Å²) in [7, 11) is 1.74. The van der Waals surface area contributed by atoms with Gasteiger partial charge >= 0.3 is 11.9 Å². The van der Waals surface area contributed by atoms with Crippen LogP contribution in [-0.2, 0) is 23.9 Å². The van der Waals surface area contributed by atoms with Crippen molar-refractivity contribution in [3.63, 3.8) is 0 Å². The summed E-state index contributed by atoms with van der Waals surface area (Å²) in [6.45, 7) is 30.1. The number of carboxylic acids is 2. The number of methoxy groups -OCH3 is 1. The minimum atomic E-state index is -1.09. The zero-order chi connectivity index (χ0) is 52.3. The minimum absolute atomic E-state index is 0.0253. The highest BCUT2D eigenvalue weighted by molar-refractivity contribution is 5.78. The zero-order valence-corrected chi connectivity index (χ0v) is 46.6. The lowest BCUT2D eigenvalue weighted by molar-refractivity contribution is -0.217. The third kappa shape index (κ3) is 6.76. The molecular formula is C62H96O9. The number of ether oxygens (including phenoxy) is 1. The molecule has 0 aromatic carbocycles. The van der Waals surface area contributed by atoms with Crippen LogP contribution in [0.3, 0.4) is 0 Å². The molecule has 398 valence electrons. The van der Waals surface area contributed by atoms with E-state index in [9.17, 15) is 39.6 Å². The summed E-state index contributed by atoms with van der Waals surface area (Å²) in [5.74, 6) is 0.182. The topological polar surface area (TPSA) is 158 Å². The van der Waals surface area contributed by atoms with Crippen LogP contribution in [0.4, 0.5) is 0 Å². The molecule has 71 heavy (non-hydrogen) atoms. The van der Waals surface area contributed by atoms with Crippen molar-refractivity contribution in [2.75, 3.05) is 7.11 Å². The minimum Gasteiger partial charge on any atom is -0.481 e. The number of hydrogen-bond acceptors (Lipinski definition) is 7. The van der Waals surface area contributed by atoms with Gasteiger partial charge in [0.2, 0.25) is 0 Å². The molecule has 9 heteroatoms. The Bertz CT molecular complexity index is 2260. The van der Waals surface area contributed by atoms with Crippen LogP contribution >= 0.6 is 0 Å². The molecule has 0 saturated heterocycles. The largest absolute Gasteiger partial charge is 0.481 e. The standard InChI is InChI=1S/C32H50O4.C30H46O5/c1-20-11-13-28(4)23(29(20,5)19-33)12-14-30(6)24(28)10-9-21-22-17-27(2,3)15-16-32(22,26(34)35)25(36-8)18-31(21,30)7;1-25(2)13-14-30(24(34)35)19(15-25)18-7-8-21-26(3)11-10-22(32)27(4,17-31)20(26)9-12-28(21,5)29(18,6)16-23(30)33/h9,19-20,22-25H,10-18H2,1-8H3,(H,34,35);7,17,19-23,32-33H,8-16H2,1-6H3,(H,34,35)/t20-,22?,23+,24?,25-,28?,29-,30+,31+,32?;19?,20-,21?,22+,23+,26?,27-,28-,29-,30?/m01/s1. The van der Waals surface area contributed by atoms with Gasteiger partial charge in [0.05, 0.1) is 23.7 Å². The van der Waals surface area contributed by atoms with Crippen molar-refractivity contribution in [2.24, 2.45) is 106 Å². The monoisotopic (exact) mass is 985 g/mol. The van der Waals surface area contributed by atoms with Crippen molar-refractivity contribution in [2.45, 2.75) is 224 Å². The fourth-order valence-electron chi connectivity index (χ4n) is 21.7. The molecule has 8 unspecified atom stereocenters. The van der Waals surface area contributed by atoms with E-state index in [1.54, 1.807) is 7.11 Å². The first-order valence-corrected chi connectivity index (χ1v) is 28.5. The Morgan fingerprint density at radius 3 is 1.44 bits per heavy atom. The summed E-state index contributed by atoms with van der Waals surface area (Å²) in [6, 6.07) is 0. The summed E-state index contributed by atoms with van der Waals surface area (Å²) >= 11 is 0. The number of rotatable bonds is 5. The van der Waals surface area contributed by atoms with Gasteiger partial charge in [-0.3, -0.25) is 9.59 Å².